The summed E-state index contributed by atoms with van der Waals surface area (Å²) in [6.07, 6.45) is 8.82. The molecule has 1 fully saturated rings. The highest BCUT2D eigenvalue weighted by Gasteiger charge is 2.12. The van der Waals surface area contributed by atoms with Gasteiger partial charge in [-0.05, 0) is 49.1 Å². The lowest BCUT2D eigenvalue weighted by atomic mass is 10.1. The van der Waals surface area contributed by atoms with Crippen molar-refractivity contribution in [2.75, 3.05) is 18.0 Å². The smallest absolute Gasteiger partial charge is 0.254 e. The zero-order chi connectivity index (χ0) is 19.3. The van der Waals surface area contributed by atoms with E-state index >= 15 is 0 Å². The highest BCUT2D eigenvalue weighted by molar-refractivity contribution is 6.30. The first-order chi connectivity index (χ1) is 13.7. The normalized spacial score (nSPS) is 14.1. The van der Waals surface area contributed by atoms with Crippen LogP contribution in [0.3, 0.4) is 0 Å². The van der Waals surface area contributed by atoms with E-state index in [-0.39, 0.29) is 5.91 Å². The topological polar surface area (TPSA) is 63.1 Å². The van der Waals surface area contributed by atoms with E-state index in [1.54, 1.807) is 29.2 Å². The van der Waals surface area contributed by atoms with Crippen LogP contribution in [0.2, 0.25) is 5.02 Å². The molecule has 1 aliphatic rings. The fraction of sp³-hybridized carbons (Fsp3) is 0.286. The molecule has 1 aromatic carbocycles. The number of piperidine rings is 1. The lowest BCUT2D eigenvalue weighted by Crippen LogP contribution is -2.30. The molecule has 3 aromatic rings. The molecule has 28 heavy (non-hydrogen) atoms. The lowest BCUT2D eigenvalue weighted by molar-refractivity contribution is 0.0951. The van der Waals surface area contributed by atoms with Crippen LogP contribution < -0.4 is 10.2 Å². The van der Waals surface area contributed by atoms with E-state index in [9.17, 15) is 4.79 Å². The molecule has 1 N–H and O–H groups in total. The molecule has 3 heterocycles. The Morgan fingerprint density at radius 1 is 1.11 bits per heavy atom. The van der Waals surface area contributed by atoms with E-state index in [0.29, 0.717) is 17.1 Å². The molecule has 2 aromatic heterocycles. The van der Waals surface area contributed by atoms with E-state index in [2.05, 4.69) is 20.3 Å². The number of halogens is 1. The second-order valence-corrected chi connectivity index (χ2v) is 7.34. The minimum absolute atomic E-state index is 0.173. The van der Waals surface area contributed by atoms with Crippen molar-refractivity contribution in [1.82, 2.24) is 20.1 Å². The van der Waals surface area contributed by atoms with Crippen LogP contribution in [-0.4, -0.2) is 33.8 Å². The molecule has 144 valence electrons. The highest BCUT2D eigenvalue weighted by atomic mass is 35.5. The molecule has 0 unspecified atom stereocenters. The van der Waals surface area contributed by atoms with Gasteiger partial charge in [0.2, 0.25) is 0 Å². The molecule has 6 nitrogen and oxygen atoms in total. The molecule has 1 amide bonds. The maximum absolute atomic E-state index is 12.4. The average molecular weight is 396 g/mol. The number of carbonyl (C=O) groups excluding carboxylic acids is 1. The Morgan fingerprint density at radius 3 is 2.71 bits per heavy atom. The van der Waals surface area contributed by atoms with Gasteiger partial charge in [0.15, 0.2) is 0 Å². The van der Waals surface area contributed by atoms with Crippen LogP contribution in [0, 0.1) is 0 Å². The van der Waals surface area contributed by atoms with Crippen LogP contribution in [-0.2, 0) is 6.54 Å². The molecular formula is C21H22ClN5O. The minimum Gasteiger partial charge on any atom is -0.357 e. The number of aromatic nitrogens is 3. The summed E-state index contributed by atoms with van der Waals surface area (Å²) in [6.45, 7) is 2.56. The van der Waals surface area contributed by atoms with E-state index in [1.807, 2.05) is 30.5 Å². The third-order valence-corrected chi connectivity index (χ3v) is 5.09. The van der Waals surface area contributed by atoms with Crippen LogP contribution in [0.5, 0.6) is 0 Å². The molecule has 0 aliphatic carbocycles. The predicted molar refractivity (Wildman–Crippen MR) is 110 cm³/mol. The Balaban J connectivity index is 1.35. The van der Waals surface area contributed by atoms with Gasteiger partial charge in [-0.3, -0.25) is 4.79 Å². The Bertz CT molecular complexity index is 947. The van der Waals surface area contributed by atoms with Crippen molar-refractivity contribution in [3.63, 3.8) is 0 Å². The SMILES string of the molecule is O=C(NCc1ccc(N2CCCCC2)nc1)c1cnn(-c2cccc(Cl)c2)c1. The van der Waals surface area contributed by atoms with Crippen LogP contribution in [0.4, 0.5) is 5.82 Å². The van der Waals surface area contributed by atoms with Gasteiger partial charge in [0.05, 0.1) is 17.4 Å². The highest BCUT2D eigenvalue weighted by Crippen LogP contribution is 2.18. The van der Waals surface area contributed by atoms with Gasteiger partial charge in [0.1, 0.15) is 5.82 Å². The summed E-state index contributed by atoms with van der Waals surface area (Å²) in [5.74, 6) is 0.839. The van der Waals surface area contributed by atoms with Gasteiger partial charge in [-0.1, -0.05) is 23.7 Å². The van der Waals surface area contributed by atoms with Gasteiger partial charge in [0.25, 0.3) is 5.91 Å². The van der Waals surface area contributed by atoms with E-state index < -0.39 is 0 Å². The van der Waals surface area contributed by atoms with Gasteiger partial charge in [0, 0.05) is 37.1 Å². The van der Waals surface area contributed by atoms with Crippen LogP contribution >= 0.6 is 11.6 Å². The predicted octanol–water partition coefficient (Wildman–Crippen LogP) is 3.84. The largest absolute Gasteiger partial charge is 0.357 e. The van der Waals surface area contributed by atoms with E-state index in [4.69, 9.17) is 11.6 Å². The Labute approximate surface area is 169 Å². The number of benzene rings is 1. The summed E-state index contributed by atoms with van der Waals surface area (Å²) in [5.41, 5.74) is 2.28. The number of nitrogens with zero attached hydrogens (tertiary/aromatic N) is 4. The zero-order valence-corrected chi connectivity index (χ0v) is 16.3. The van der Waals surface area contributed by atoms with Crippen molar-refractivity contribution in [3.8, 4) is 5.69 Å². The second kappa shape index (κ2) is 8.44. The van der Waals surface area contributed by atoms with Gasteiger partial charge in [-0.25, -0.2) is 9.67 Å². The summed E-state index contributed by atoms with van der Waals surface area (Å²) in [4.78, 5) is 19.3. The minimum atomic E-state index is -0.173. The third kappa shape index (κ3) is 4.34. The van der Waals surface area contributed by atoms with Crippen molar-refractivity contribution in [1.29, 1.82) is 0 Å². The van der Waals surface area contributed by atoms with Crippen molar-refractivity contribution in [3.05, 3.63) is 71.1 Å². The molecule has 0 saturated carbocycles. The molecule has 7 heteroatoms. The summed E-state index contributed by atoms with van der Waals surface area (Å²) in [6, 6.07) is 11.4. The Morgan fingerprint density at radius 2 is 1.96 bits per heavy atom. The van der Waals surface area contributed by atoms with Gasteiger partial charge >= 0.3 is 0 Å². The fourth-order valence-corrected chi connectivity index (χ4v) is 3.50. The van der Waals surface area contributed by atoms with Crippen LogP contribution in [0.1, 0.15) is 35.2 Å². The number of hydrogen-bond acceptors (Lipinski definition) is 4. The van der Waals surface area contributed by atoms with Crippen LogP contribution in [0.15, 0.2) is 55.0 Å². The first-order valence-electron chi connectivity index (χ1n) is 9.48. The molecule has 0 radical (unpaired) electrons. The maximum atomic E-state index is 12.4. The number of nitrogens with one attached hydrogen (secondary N) is 1. The standard InChI is InChI=1S/C21H22ClN5O/c22-18-5-4-6-19(11-18)27-15-17(14-25-27)21(28)24-13-16-7-8-20(23-12-16)26-9-2-1-3-10-26/h4-8,11-12,14-15H,1-3,9-10,13H2,(H,24,28). The number of pyridine rings is 1. The van der Waals surface area contributed by atoms with Crippen molar-refractivity contribution < 1.29 is 4.79 Å². The number of hydrogen-bond donors (Lipinski definition) is 1. The molecule has 0 bridgehead atoms. The summed E-state index contributed by atoms with van der Waals surface area (Å²) < 4.78 is 1.63. The van der Waals surface area contributed by atoms with Crippen LogP contribution in [0.25, 0.3) is 5.69 Å². The van der Waals surface area contributed by atoms with E-state index in [1.165, 1.54) is 19.3 Å². The number of anilines is 1. The van der Waals surface area contributed by atoms with E-state index in [0.717, 1.165) is 30.2 Å². The van der Waals surface area contributed by atoms with Gasteiger partial charge < -0.3 is 10.2 Å². The molecule has 0 atom stereocenters. The number of rotatable bonds is 5. The quantitative estimate of drug-likeness (QED) is 0.712. The van der Waals surface area contributed by atoms with Gasteiger partial charge in [-0.15, -0.1) is 0 Å². The van der Waals surface area contributed by atoms with Gasteiger partial charge in [-0.2, -0.15) is 5.10 Å². The summed E-state index contributed by atoms with van der Waals surface area (Å²) >= 11 is 6.01. The summed E-state index contributed by atoms with van der Waals surface area (Å²) in [5, 5.41) is 7.79. The van der Waals surface area contributed by atoms with Crippen molar-refractivity contribution in [2.24, 2.45) is 0 Å². The molecule has 4 rings (SSSR count). The molecule has 1 aliphatic heterocycles. The Kier molecular flexibility index (Phi) is 5.58. The molecule has 1 saturated heterocycles. The molecule has 0 spiro atoms. The average Bonchev–Trinajstić information content (AvgIpc) is 3.24. The number of carbonyl (C=O) groups is 1. The number of amides is 1. The molecular weight excluding hydrogens is 374 g/mol. The maximum Gasteiger partial charge on any atom is 0.254 e. The first-order valence-corrected chi connectivity index (χ1v) is 9.85. The third-order valence-electron chi connectivity index (χ3n) is 4.86. The zero-order valence-electron chi connectivity index (χ0n) is 15.5. The second-order valence-electron chi connectivity index (χ2n) is 6.91. The van der Waals surface area contributed by atoms with Crippen molar-refractivity contribution >= 4 is 23.3 Å². The Hall–Kier alpha value is -2.86. The first kappa shape index (κ1) is 18.5. The lowest BCUT2D eigenvalue weighted by Gasteiger charge is -2.27. The van der Waals surface area contributed by atoms with Crippen molar-refractivity contribution in [2.45, 2.75) is 25.8 Å². The monoisotopic (exact) mass is 395 g/mol. The summed E-state index contributed by atoms with van der Waals surface area (Å²) in [7, 11) is 0. The fourth-order valence-electron chi connectivity index (χ4n) is 3.32.